The first-order valence-electron chi connectivity index (χ1n) is 6.36. The Labute approximate surface area is 123 Å². The lowest BCUT2D eigenvalue weighted by atomic mass is 10.2. The normalized spacial score (nSPS) is 17.0. The highest BCUT2D eigenvalue weighted by Crippen LogP contribution is 2.31. The second-order valence-electron chi connectivity index (χ2n) is 4.79. The van der Waals surface area contributed by atoms with E-state index in [4.69, 9.17) is 5.73 Å². The van der Waals surface area contributed by atoms with E-state index in [1.165, 1.54) is 18.2 Å². The van der Waals surface area contributed by atoms with Crippen molar-refractivity contribution in [2.45, 2.75) is 18.2 Å². The molecule has 1 amide bonds. The number of hydrogen-bond donors (Lipinski definition) is 1. The van der Waals surface area contributed by atoms with Crippen LogP contribution >= 0.6 is 0 Å². The molecule has 0 bridgehead atoms. The molecule has 0 atom stereocenters. The summed E-state index contributed by atoms with van der Waals surface area (Å²) in [5.41, 5.74) is 5.81. The number of anilines is 1. The van der Waals surface area contributed by atoms with Gasteiger partial charge in [-0.15, -0.1) is 0 Å². The van der Waals surface area contributed by atoms with Gasteiger partial charge in [0.05, 0.1) is 17.9 Å². The third-order valence-corrected chi connectivity index (χ3v) is 6.82. The fourth-order valence-corrected chi connectivity index (χ4v) is 5.11. The topological polar surface area (TPSA) is 115 Å². The number of rotatable bonds is 5. The van der Waals surface area contributed by atoms with Gasteiger partial charge in [-0.3, -0.25) is 4.79 Å². The first kappa shape index (κ1) is 15.8. The maximum absolute atomic E-state index is 12.3. The van der Waals surface area contributed by atoms with Crippen LogP contribution < -0.4 is 5.73 Å². The van der Waals surface area contributed by atoms with Crippen molar-refractivity contribution in [2.24, 2.45) is 0 Å². The second kappa shape index (κ2) is 5.30. The molecule has 0 aliphatic carbocycles. The van der Waals surface area contributed by atoms with Crippen LogP contribution in [0.1, 0.15) is 23.7 Å². The van der Waals surface area contributed by atoms with Crippen LogP contribution in [0.25, 0.3) is 0 Å². The second-order valence-corrected chi connectivity index (χ2v) is 8.92. The Bertz CT molecular complexity index is 784. The minimum atomic E-state index is -3.99. The number of nitrogen functional groups attached to an aromatic ring is 1. The van der Waals surface area contributed by atoms with E-state index in [1.54, 1.807) is 6.92 Å². The van der Waals surface area contributed by atoms with Gasteiger partial charge in [0.2, 0.25) is 0 Å². The van der Waals surface area contributed by atoms with Crippen molar-refractivity contribution in [1.29, 1.82) is 0 Å². The first-order chi connectivity index (χ1) is 9.69. The van der Waals surface area contributed by atoms with Crippen molar-refractivity contribution < 1.29 is 21.6 Å². The number of nitrogens with two attached hydrogens (primary N) is 1. The number of sulfonamides is 1. The molecule has 2 rings (SSSR count). The number of benzene rings is 1. The summed E-state index contributed by atoms with van der Waals surface area (Å²) < 4.78 is 48.5. The Hall–Kier alpha value is -1.61. The van der Waals surface area contributed by atoms with Gasteiger partial charge >= 0.3 is 0 Å². The molecule has 116 valence electrons. The summed E-state index contributed by atoms with van der Waals surface area (Å²) in [6, 6.07) is 3.94. The lowest BCUT2D eigenvalue weighted by Crippen LogP contribution is -2.34. The Kier molecular flexibility index (Phi) is 3.98. The molecule has 1 aromatic carbocycles. The zero-order chi connectivity index (χ0) is 15.8. The van der Waals surface area contributed by atoms with Gasteiger partial charge in [0.1, 0.15) is 4.90 Å². The van der Waals surface area contributed by atoms with Crippen LogP contribution in [0.15, 0.2) is 23.1 Å². The van der Waals surface area contributed by atoms with Crippen molar-refractivity contribution >= 4 is 31.5 Å². The number of nitrogens with zero attached hydrogens (tertiary/aromatic N) is 1. The highest BCUT2D eigenvalue weighted by molar-refractivity contribution is 7.91. The van der Waals surface area contributed by atoms with Crippen LogP contribution in [0.3, 0.4) is 0 Å². The summed E-state index contributed by atoms with van der Waals surface area (Å²) in [4.78, 5) is 12.0. The van der Waals surface area contributed by atoms with Crippen LogP contribution in [0, 0.1) is 0 Å². The lowest BCUT2D eigenvalue weighted by molar-refractivity contribution is 0.0876. The minimum Gasteiger partial charge on any atom is -0.399 e. The van der Waals surface area contributed by atoms with Crippen LogP contribution in [0.5, 0.6) is 0 Å². The molecule has 0 radical (unpaired) electrons. The predicted octanol–water partition coefficient (Wildman–Crippen LogP) is 0.238. The van der Waals surface area contributed by atoms with Crippen molar-refractivity contribution in [1.82, 2.24) is 4.31 Å². The number of sulfone groups is 1. The molecule has 1 aliphatic heterocycles. The summed E-state index contributed by atoms with van der Waals surface area (Å²) >= 11 is 0. The summed E-state index contributed by atoms with van der Waals surface area (Å²) in [5.74, 6) is -1.14. The van der Waals surface area contributed by atoms with Crippen LogP contribution in [-0.2, 0) is 19.9 Å². The Morgan fingerprint density at radius 1 is 1.24 bits per heavy atom. The monoisotopic (exact) mass is 332 g/mol. The van der Waals surface area contributed by atoms with Crippen molar-refractivity contribution in [2.75, 3.05) is 23.8 Å². The fourth-order valence-electron chi connectivity index (χ4n) is 2.16. The van der Waals surface area contributed by atoms with E-state index in [-0.39, 0.29) is 34.2 Å². The predicted molar refractivity (Wildman–Crippen MR) is 78.0 cm³/mol. The zero-order valence-corrected chi connectivity index (χ0v) is 13.1. The van der Waals surface area contributed by atoms with Gasteiger partial charge in [-0.2, -0.15) is 0 Å². The molecule has 0 saturated carbocycles. The van der Waals surface area contributed by atoms with E-state index in [0.29, 0.717) is 10.7 Å². The van der Waals surface area contributed by atoms with Gasteiger partial charge in [0, 0.05) is 11.4 Å². The van der Waals surface area contributed by atoms with E-state index < -0.39 is 25.8 Å². The third-order valence-electron chi connectivity index (χ3n) is 3.15. The number of fused-ring (bicyclic) bond motifs is 1. The molecule has 1 aromatic rings. The van der Waals surface area contributed by atoms with Gasteiger partial charge in [0.25, 0.3) is 15.9 Å². The number of carbonyl (C=O) groups is 1. The summed E-state index contributed by atoms with van der Waals surface area (Å²) in [7, 11) is -7.36. The SMILES string of the molecule is CCCS(=O)(=O)CCN1C(=O)c2cc(N)ccc2S1(=O)=O. The zero-order valence-electron chi connectivity index (χ0n) is 11.4. The number of carbonyl (C=O) groups excluding carboxylic acids is 1. The maximum Gasteiger partial charge on any atom is 0.269 e. The molecule has 1 aliphatic rings. The molecule has 21 heavy (non-hydrogen) atoms. The molecule has 1 heterocycles. The number of amides is 1. The number of hydrogen-bond acceptors (Lipinski definition) is 6. The molecular formula is C12H16N2O5S2. The minimum absolute atomic E-state index is 0.0112. The van der Waals surface area contributed by atoms with Gasteiger partial charge in [-0.25, -0.2) is 21.1 Å². The highest BCUT2D eigenvalue weighted by Gasteiger charge is 2.41. The van der Waals surface area contributed by atoms with Gasteiger partial charge in [0.15, 0.2) is 9.84 Å². The van der Waals surface area contributed by atoms with Crippen molar-refractivity contribution in [3.8, 4) is 0 Å². The highest BCUT2D eigenvalue weighted by atomic mass is 32.2. The van der Waals surface area contributed by atoms with Crippen molar-refractivity contribution in [3.05, 3.63) is 23.8 Å². The van der Waals surface area contributed by atoms with Gasteiger partial charge in [-0.1, -0.05) is 6.92 Å². The van der Waals surface area contributed by atoms with E-state index in [0.717, 1.165) is 0 Å². The van der Waals surface area contributed by atoms with Gasteiger partial charge in [-0.05, 0) is 24.6 Å². The molecule has 0 fully saturated rings. The quantitative estimate of drug-likeness (QED) is 0.772. The fraction of sp³-hybridized carbons (Fsp3) is 0.417. The Morgan fingerprint density at radius 2 is 1.90 bits per heavy atom. The Morgan fingerprint density at radius 3 is 2.52 bits per heavy atom. The summed E-state index contributed by atoms with van der Waals surface area (Å²) in [6.45, 7) is 1.34. The molecule has 0 saturated heterocycles. The molecule has 9 heteroatoms. The van der Waals surface area contributed by atoms with Gasteiger partial charge < -0.3 is 5.73 Å². The molecule has 2 N–H and O–H groups in total. The standard InChI is InChI=1S/C12H16N2O5S2/c1-2-6-20(16,17)7-5-14-12(15)10-8-9(13)3-4-11(10)21(14,18)19/h3-4,8H,2,5-7,13H2,1H3. The largest absolute Gasteiger partial charge is 0.399 e. The van der Waals surface area contributed by atoms with E-state index >= 15 is 0 Å². The van der Waals surface area contributed by atoms with Crippen molar-refractivity contribution in [3.63, 3.8) is 0 Å². The molecule has 7 nitrogen and oxygen atoms in total. The average molecular weight is 332 g/mol. The summed E-state index contributed by atoms with van der Waals surface area (Å²) in [5, 5.41) is 0. The van der Waals surface area contributed by atoms with E-state index in [9.17, 15) is 21.6 Å². The van der Waals surface area contributed by atoms with E-state index in [2.05, 4.69) is 0 Å². The summed E-state index contributed by atoms with van der Waals surface area (Å²) in [6.07, 6.45) is 0.444. The van der Waals surface area contributed by atoms with Crippen LogP contribution in [0.4, 0.5) is 5.69 Å². The average Bonchev–Trinajstić information content (AvgIpc) is 2.55. The lowest BCUT2D eigenvalue weighted by Gasteiger charge is -2.14. The molecule has 0 unspecified atom stereocenters. The third kappa shape index (κ3) is 2.88. The molecular weight excluding hydrogens is 316 g/mol. The van der Waals surface area contributed by atoms with E-state index in [1.807, 2.05) is 0 Å². The maximum atomic E-state index is 12.3. The molecule has 0 spiro atoms. The van der Waals surface area contributed by atoms with Crippen LogP contribution in [-0.4, -0.2) is 45.1 Å². The Balaban J connectivity index is 2.30. The first-order valence-corrected chi connectivity index (χ1v) is 9.62. The van der Waals surface area contributed by atoms with Crippen LogP contribution in [0.2, 0.25) is 0 Å². The smallest absolute Gasteiger partial charge is 0.269 e. The molecule has 0 aromatic heterocycles.